The topological polar surface area (TPSA) is 80.1 Å². The molecule has 0 atom stereocenters. The Morgan fingerprint density at radius 3 is 2.74 bits per heavy atom. The van der Waals surface area contributed by atoms with Crippen LogP contribution in [0.15, 0.2) is 59.7 Å². The number of nitrogens with one attached hydrogen (secondary N) is 1. The fraction of sp³-hybridized carbons (Fsp3) is 0.273. The molecule has 0 bridgehead atoms. The van der Waals surface area contributed by atoms with Crippen molar-refractivity contribution in [2.24, 2.45) is 0 Å². The number of likely N-dealkylation sites (tertiary alicyclic amines) is 1. The number of hydrogen-bond donors (Lipinski definition) is 1. The van der Waals surface area contributed by atoms with E-state index in [-0.39, 0.29) is 23.2 Å². The molecule has 0 unspecified atom stereocenters. The second kappa shape index (κ2) is 9.38. The van der Waals surface area contributed by atoms with Gasteiger partial charge in [0.05, 0.1) is 11.5 Å². The summed E-state index contributed by atoms with van der Waals surface area (Å²) in [4.78, 5) is 34.2. The maximum absolute atomic E-state index is 14.6. The quantitative estimate of drug-likeness (QED) is 0.561. The summed E-state index contributed by atoms with van der Waals surface area (Å²) in [6.45, 7) is 1.31. The van der Waals surface area contributed by atoms with Gasteiger partial charge < -0.3 is 10.2 Å². The lowest BCUT2D eigenvalue weighted by Crippen LogP contribution is -2.43. The SMILES string of the molecule is O=C(CBr)N1CCC(Nc2ncc(F)c(-c3cccc(-n4ccccc4=O)c3)n2)CC1. The third-order valence-corrected chi connectivity index (χ3v) is 5.74. The Kier molecular flexibility index (Phi) is 6.41. The first kappa shape index (κ1) is 21.2. The summed E-state index contributed by atoms with van der Waals surface area (Å²) < 4.78 is 16.0. The number of benzene rings is 1. The van der Waals surface area contributed by atoms with E-state index in [9.17, 15) is 14.0 Å². The molecular weight excluding hydrogens is 465 g/mol. The number of carbonyl (C=O) groups is 1. The zero-order valence-corrected chi connectivity index (χ0v) is 18.3. The van der Waals surface area contributed by atoms with Crippen molar-refractivity contribution >= 4 is 27.8 Å². The van der Waals surface area contributed by atoms with E-state index >= 15 is 0 Å². The maximum atomic E-state index is 14.6. The summed E-state index contributed by atoms with van der Waals surface area (Å²) in [6, 6.07) is 12.0. The van der Waals surface area contributed by atoms with E-state index in [2.05, 4.69) is 31.2 Å². The standard InChI is InChI=1S/C22H21BrFN5O2/c23-13-20(31)28-10-7-16(8-11-28)26-22-25-14-18(24)21(27-22)15-4-3-5-17(12-15)29-9-2-1-6-19(29)30/h1-6,9,12,14,16H,7-8,10-11,13H2,(H,25,26,27). The van der Waals surface area contributed by atoms with Gasteiger partial charge in [0, 0.05) is 42.6 Å². The number of carbonyl (C=O) groups excluding carboxylic acids is 1. The summed E-state index contributed by atoms with van der Waals surface area (Å²) in [5.74, 6) is -0.124. The number of halogens is 2. The highest BCUT2D eigenvalue weighted by molar-refractivity contribution is 9.09. The third-order valence-electron chi connectivity index (χ3n) is 5.26. The van der Waals surface area contributed by atoms with Crippen LogP contribution < -0.4 is 10.9 Å². The number of nitrogens with zero attached hydrogens (tertiary/aromatic N) is 4. The van der Waals surface area contributed by atoms with Crippen LogP contribution in [0.2, 0.25) is 0 Å². The fourth-order valence-electron chi connectivity index (χ4n) is 3.62. The van der Waals surface area contributed by atoms with Crippen molar-refractivity contribution in [3.8, 4) is 16.9 Å². The Morgan fingerprint density at radius 2 is 2.00 bits per heavy atom. The minimum atomic E-state index is -0.541. The van der Waals surface area contributed by atoms with Crippen LogP contribution in [0, 0.1) is 5.82 Å². The maximum Gasteiger partial charge on any atom is 0.255 e. The molecule has 1 aliphatic heterocycles. The molecule has 1 N–H and O–H groups in total. The van der Waals surface area contributed by atoms with Gasteiger partial charge in [-0.1, -0.05) is 34.1 Å². The van der Waals surface area contributed by atoms with E-state index in [0.29, 0.717) is 35.6 Å². The highest BCUT2D eigenvalue weighted by atomic mass is 79.9. The van der Waals surface area contributed by atoms with Gasteiger partial charge in [0.2, 0.25) is 11.9 Å². The predicted molar refractivity (Wildman–Crippen MR) is 120 cm³/mol. The number of alkyl halides is 1. The first-order valence-electron chi connectivity index (χ1n) is 9.96. The number of anilines is 1. The third kappa shape index (κ3) is 4.82. The lowest BCUT2D eigenvalue weighted by atomic mass is 10.1. The van der Waals surface area contributed by atoms with Crippen LogP contribution in [0.1, 0.15) is 12.8 Å². The second-order valence-corrected chi connectivity index (χ2v) is 7.84. The van der Waals surface area contributed by atoms with Crippen molar-refractivity contribution in [3.63, 3.8) is 0 Å². The molecule has 3 aromatic rings. The van der Waals surface area contributed by atoms with E-state index < -0.39 is 5.82 Å². The highest BCUT2D eigenvalue weighted by Gasteiger charge is 2.23. The van der Waals surface area contributed by atoms with Crippen molar-refractivity contribution in [1.82, 2.24) is 19.4 Å². The molecule has 1 aliphatic rings. The van der Waals surface area contributed by atoms with Crippen molar-refractivity contribution in [1.29, 1.82) is 0 Å². The van der Waals surface area contributed by atoms with Gasteiger partial charge in [-0.3, -0.25) is 14.2 Å². The molecule has 3 heterocycles. The molecule has 1 saturated heterocycles. The van der Waals surface area contributed by atoms with E-state index in [1.807, 2.05) is 4.90 Å². The number of rotatable bonds is 5. The van der Waals surface area contributed by atoms with Gasteiger partial charge in [-0.25, -0.2) is 14.4 Å². The normalized spacial score (nSPS) is 14.5. The summed E-state index contributed by atoms with van der Waals surface area (Å²) in [5, 5.41) is 3.58. The summed E-state index contributed by atoms with van der Waals surface area (Å²) >= 11 is 3.20. The minimum absolute atomic E-state index is 0.0798. The van der Waals surface area contributed by atoms with Crippen molar-refractivity contribution < 1.29 is 9.18 Å². The molecule has 1 aromatic carbocycles. The number of pyridine rings is 1. The van der Waals surface area contributed by atoms with Crippen molar-refractivity contribution in [3.05, 3.63) is 71.0 Å². The Hall–Kier alpha value is -3.07. The summed E-state index contributed by atoms with van der Waals surface area (Å²) in [5.41, 5.74) is 1.17. The number of piperidine rings is 1. The van der Waals surface area contributed by atoms with Gasteiger partial charge in [0.25, 0.3) is 5.56 Å². The lowest BCUT2D eigenvalue weighted by molar-refractivity contribution is -0.129. The first-order chi connectivity index (χ1) is 15.0. The minimum Gasteiger partial charge on any atom is -0.351 e. The molecule has 1 fully saturated rings. The molecule has 2 aromatic heterocycles. The van der Waals surface area contributed by atoms with Crippen molar-refractivity contribution in [2.45, 2.75) is 18.9 Å². The monoisotopic (exact) mass is 485 g/mol. The van der Waals surface area contributed by atoms with Gasteiger partial charge in [0.15, 0.2) is 5.82 Å². The fourth-order valence-corrected chi connectivity index (χ4v) is 3.98. The van der Waals surface area contributed by atoms with Crippen LogP contribution in [0.3, 0.4) is 0 Å². The molecule has 1 amide bonds. The van der Waals surface area contributed by atoms with Gasteiger partial charge in [-0.15, -0.1) is 0 Å². The van der Waals surface area contributed by atoms with E-state index in [1.165, 1.54) is 10.6 Å². The van der Waals surface area contributed by atoms with Crippen LogP contribution >= 0.6 is 15.9 Å². The molecule has 4 rings (SSSR count). The smallest absolute Gasteiger partial charge is 0.255 e. The first-order valence-corrected chi connectivity index (χ1v) is 11.1. The molecule has 160 valence electrons. The molecular formula is C22H21BrFN5O2. The highest BCUT2D eigenvalue weighted by Crippen LogP contribution is 2.24. The number of aromatic nitrogens is 3. The average Bonchev–Trinajstić information content (AvgIpc) is 2.80. The van der Waals surface area contributed by atoms with E-state index in [0.717, 1.165) is 19.0 Å². The molecule has 31 heavy (non-hydrogen) atoms. The Balaban J connectivity index is 1.54. The van der Waals surface area contributed by atoms with E-state index in [1.54, 1.807) is 42.6 Å². The van der Waals surface area contributed by atoms with E-state index in [4.69, 9.17) is 0 Å². The van der Waals surface area contributed by atoms with Crippen LogP contribution in [0.25, 0.3) is 16.9 Å². The molecule has 7 nitrogen and oxygen atoms in total. The van der Waals surface area contributed by atoms with Crippen molar-refractivity contribution in [2.75, 3.05) is 23.7 Å². The molecule has 0 saturated carbocycles. The zero-order valence-electron chi connectivity index (χ0n) is 16.7. The van der Waals surface area contributed by atoms with Gasteiger partial charge in [0.1, 0.15) is 5.69 Å². The molecule has 0 aliphatic carbocycles. The van der Waals surface area contributed by atoms with Crippen LogP contribution in [-0.2, 0) is 4.79 Å². The second-order valence-electron chi connectivity index (χ2n) is 7.28. The Morgan fingerprint density at radius 1 is 1.19 bits per heavy atom. The van der Waals surface area contributed by atoms with Crippen LogP contribution in [-0.4, -0.2) is 49.8 Å². The van der Waals surface area contributed by atoms with Gasteiger partial charge in [-0.2, -0.15) is 0 Å². The van der Waals surface area contributed by atoms with Crippen LogP contribution in [0.4, 0.5) is 10.3 Å². The molecule has 0 spiro atoms. The summed E-state index contributed by atoms with van der Waals surface area (Å²) in [7, 11) is 0. The Bertz CT molecular complexity index is 1140. The zero-order chi connectivity index (χ0) is 21.8. The number of hydrogen-bond acceptors (Lipinski definition) is 5. The average molecular weight is 486 g/mol. The van der Waals surface area contributed by atoms with Gasteiger partial charge in [-0.05, 0) is 31.0 Å². The van der Waals surface area contributed by atoms with Crippen LogP contribution in [0.5, 0.6) is 0 Å². The predicted octanol–water partition coefficient (Wildman–Crippen LogP) is 3.23. The van der Waals surface area contributed by atoms with Gasteiger partial charge >= 0.3 is 0 Å². The Labute approximate surface area is 187 Å². The number of amides is 1. The molecule has 9 heteroatoms. The lowest BCUT2D eigenvalue weighted by Gasteiger charge is -2.32. The largest absolute Gasteiger partial charge is 0.351 e. The molecule has 0 radical (unpaired) electrons. The summed E-state index contributed by atoms with van der Waals surface area (Å²) in [6.07, 6.45) is 4.34.